The molecule has 0 radical (unpaired) electrons. The van der Waals surface area contributed by atoms with Crippen LogP contribution in [0.1, 0.15) is 18.4 Å². The first kappa shape index (κ1) is 17.9. The number of likely N-dealkylation sites (tertiary alicyclic amines) is 1. The van der Waals surface area contributed by atoms with Crippen molar-refractivity contribution in [3.8, 4) is 11.5 Å². The number of rotatable bonds is 7. The standard InChI is InChI=1S/C16H23F3N2O2/c1-21-7-3-4-13(21)10-20-9-12-5-6-14(15(8-12)22-2)23-11-16(17,18)19/h5-6,8,13,20H,3-4,7,9-11H2,1-2H3/t13-/m0/s1. The second-order valence-electron chi connectivity index (χ2n) is 5.80. The molecule has 1 aliphatic heterocycles. The highest BCUT2D eigenvalue weighted by molar-refractivity contribution is 5.43. The Morgan fingerprint density at radius 1 is 1.30 bits per heavy atom. The summed E-state index contributed by atoms with van der Waals surface area (Å²) < 4.78 is 46.6. The Bertz CT molecular complexity index is 509. The van der Waals surface area contributed by atoms with Crippen LogP contribution in [0.5, 0.6) is 11.5 Å². The van der Waals surface area contributed by atoms with Gasteiger partial charge in [0.05, 0.1) is 7.11 Å². The van der Waals surface area contributed by atoms with Crippen molar-refractivity contribution >= 4 is 0 Å². The van der Waals surface area contributed by atoms with Gasteiger partial charge in [0, 0.05) is 19.1 Å². The van der Waals surface area contributed by atoms with Crippen LogP contribution in [0.25, 0.3) is 0 Å². The van der Waals surface area contributed by atoms with Crippen molar-refractivity contribution in [3.63, 3.8) is 0 Å². The first-order valence-corrected chi connectivity index (χ1v) is 7.66. The van der Waals surface area contributed by atoms with Crippen molar-refractivity contribution < 1.29 is 22.6 Å². The van der Waals surface area contributed by atoms with Gasteiger partial charge in [0.2, 0.25) is 0 Å². The normalized spacial score (nSPS) is 19.1. The van der Waals surface area contributed by atoms with Crippen LogP contribution in [0.2, 0.25) is 0 Å². The molecule has 1 saturated heterocycles. The summed E-state index contributed by atoms with van der Waals surface area (Å²) in [5, 5.41) is 3.38. The third-order valence-corrected chi connectivity index (χ3v) is 4.00. The Balaban J connectivity index is 1.87. The van der Waals surface area contributed by atoms with Crippen molar-refractivity contribution in [2.45, 2.75) is 31.6 Å². The highest BCUT2D eigenvalue weighted by atomic mass is 19.4. The van der Waals surface area contributed by atoms with Crippen LogP contribution in [0.3, 0.4) is 0 Å². The van der Waals surface area contributed by atoms with E-state index in [1.807, 2.05) is 0 Å². The molecule has 0 saturated carbocycles. The zero-order chi connectivity index (χ0) is 16.9. The highest BCUT2D eigenvalue weighted by Crippen LogP contribution is 2.29. The van der Waals surface area contributed by atoms with E-state index in [9.17, 15) is 13.2 Å². The lowest BCUT2D eigenvalue weighted by Gasteiger charge is -2.20. The second-order valence-corrected chi connectivity index (χ2v) is 5.80. The lowest BCUT2D eigenvalue weighted by molar-refractivity contribution is -0.153. The maximum absolute atomic E-state index is 12.2. The average Bonchev–Trinajstić information content (AvgIpc) is 2.90. The van der Waals surface area contributed by atoms with Crippen LogP contribution in [-0.4, -0.2) is 51.0 Å². The lowest BCUT2D eigenvalue weighted by atomic mass is 10.2. The molecule has 0 unspecified atom stereocenters. The summed E-state index contributed by atoms with van der Waals surface area (Å²) in [5.74, 6) is 0.413. The Labute approximate surface area is 134 Å². The van der Waals surface area contributed by atoms with Gasteiger partial charge in [-0.2, -0.15) is 13.2 Å². The minimum absolute atomic E-state index is 0.101. The molecule has 0 amide bonds. The van der Waals surface area contributed by atoms with Gasteiger partial charge < -0.3 is 19.7 Å². The smallest absolute Gasteiger partial charge is 0.422 e. The molecule has 1 fully saturated rings. The maximum Gasteiger partial charge on any atom is 0.422 e. The van der Waals surface area contributed by atoms with Gasteiger partial charge in [-0.05, 0) is 44.1 Å². The fourth-order valence-corrected chi connectivity index (χ4v) is 2.72. The minimum Gasteiger partial charge on any atom is -0.493 e. The zero-order valence-corrected chi connectivity index (χ0v) is 13.4. The predicted molar refractivity (Wildman–Crippen MR) is 81.9 cm³/mol. The summed E-state index contributed by atoms with van der Waals surface area (Å²) in [4.78, 5) is 2.33. The summed E-state index contributed by atoms with van der Waals surface area (Å²) >= 11 is 0. The molecule has 2 rings (SSSR count). The molecule has 7 heteroatoms. The summed E-state index contributed by atoms with van der Waals surface area (Å²) in [5.41, 5.74) is 0.946. The Morgan fingerprint density at radius 2 is 2.09 bits per heavy atom. The number of likely N-dealkylation sites (N-methyl/N-ethyl adjacent to an activating group) is 1. The van der Waals surface area contributed by atoms with Crippen molar-refractivity contribution in [1.29, 1.82) is 0 Å². The molecule has 1 atom stereocenters. The average molecular weight is 332 g/mol. The number of halogens is 3. The topological polar surface area (TPSA) is 33.7 Å². The van der Waals surface area contributed by atoms with E-state index in [4.69, 9.17) is 9.47 Å². The van der Waals surface area contributed by atoms with E-state index >= 15 is 0 Å². The van der Waals surface area contributed by atoms with Gasteiger partial charge in [-0.25, -0.2) is 0 Å². The number of ether oxygens (including phenoxy) is 2. The van der Waals surface area contributed by atoms with Crippen molar-refractivity contribution in [1.82, 2.24) is 10.2 Å². The number of hydrogen-bond acceptors (Lipinski definition) is 4. The van der Waals surface area contributed by atoms with Gasteiger partial charge in [0.1, 0.15) is 0 Å². The molecule has 1 N–H and O–H groups in total. The van der Waals surface area contributed by atoms with Crippen molar-refractivity contribution in [2.75, 3.05) is 33.9 Å². The molecular formula is C16H23F3N2O2. The van der Waals surface area contributed by atoms with Crippen molar-refractivity contribution in [2.24, 2.45) is 0 Å². The lowest BCUT2D eigenvalue weighted by Crippen LogP contribution is -2.35. The van der Waals surface area contributed by atoms with E-state index in [-0.39, 0.29) is 5.75 Å². The number of methoxy groups -OCH3 is 1. The molecular weight excluding hydrogens is 309 g/mol. The molecule has 1 aliphatic rings. The first-order valence-electron chi connectivity index (χ1n) is 7.66. The summed E-state index contributed by atoms with van der Waals surface area (Å²) in [6.07, 6.45) is -1.95. The first-order chi connectivity index (χ1) is 10.9. The van der Waals surface area contributed by atoms with Gasteiger partial charge in [-0.3, -0.25) is 0 Å². The number of nitrogens with one attached hydrogen (secondary N) is 1. The van der Waals surface area contributed by atoms with Gasteiger partial charge in [0.25, 0.3) is 0 Å². The van der Waals surface area contributed by atoms with E-state index < -0.39 is 12.8 Å². The molecule has 1 aromatic rings. The molecule has 4 nitrogen and oxygen atoms in total. The molecule has 0 aromatic heterocycles. The Hall–Kier alpha value is -1.47. The van der Waals surface area contributed by atoms with E-state index in [0.717, 1.165) is 18.7 Å². The molecule has 1 heterocycles. The summed E-state index contributed by atoms with van der Waals surface area (Å²) in [7, 11) is 3.54. The van der Waals surface area contributed by atoms with Crippen LogP contribution < -0.4 is 14.8 Å². The van der Waals surface area contributed by atoms with Gasteiger partial charge in [0.15, 0.2) is 18.1 Å². The molecule has 0 spiro atoms. The third-order valence-electron chi connectivity index (χ3n) is 4.00. The fraction of sp³-hybridized carbons (Fsp3) is 0.625. The number of alkyl halides is 3. The monoisotopic (exact) mass is 332 g/mol. The van der Waals surface area contributed by atoms with Crippen LogP contribution in [0.4, 0.5) is 13.2 Å². The van der Waals surface area contributed by atoms with Gasteiger partial charge in [-0.1, -0.05) is 6.07 Å². The minimum atomic E-state index is -4.36. The predicted octanol–water partition coefficient (Wildman–Crippen LogP) is 2.82. The van der Waals surface area contributed by atoms with E-state index in [1.54, 1.807) is 12.1 Å². The van der Waals surface area contributed by atoms with Gasteiger partial charge >= 0.3 is 6.18 Å². The SMILES string of the molecule is COc1cc(CNC[C@@H]2CCCN2C)ccc1OCC(F)(F)F. The molecule has 1 aromatic carbocycles. The van der Waals surface area contributed by atoms with Gasteiger partial charge in [-0.15, -0.1) is 0 Å². The summed E-state index contributed by atoms with van der Waals surface area (Å²) in [6, 6.07) is 5.52. The Kier molecular flexibility index (Phi) is 6.12. The Morgan fingerprint density at radius 3 is 2.70 bits per heavy atom. The van der Waals surface area contributed by atoms with Crippen LogP contribution in [0.15, 0.2) is 18.2 Å². The number of nitrogens with zero attached hydrogens (tertiary/aromatic N) is 1. The highest BCUT2D eigenvalue weighted by Gasteiger charge is 2.29. The van der Waals surface area contributed by atoms with Crippen LogP contribution >= 0.6 is 0 Å². The molecule has 130 valence electrons. The molecule has 0 aliphatic carbocycles. The molecule has 23 heavy (non-hydrogen) atoms. The third kappa shape index (κ3) is 5.58. The largest absolute Gasteiger partial charge is 0.493 e. The molecule has 0 bridgehead atoms. The fourth-order valence-electron chi connectivity index (χ4n) is 2.72. The zero-order valence-electron chi connectivity index (χ0n) is 13.4. The maximum atomic E-state index is 12.2. The quantitative estimate of drug-likeness (QED) is 0.832. The number of hydrogen-bond donors (Lipinski definition) is 1. The van der Waals surface area contributed by atoms with E-state index in [1.165, 1.54) is 26.0 Å². The van der Waals surface area contributed by atoms with Crippen LogP contribution in [-0.2, 0) is 6.54 Å². The van der Waals surface area contributed by atoms with Crippen LogP contribution in [0, 0.1) is 0 Å². The number of benzene rings is 1. The van der Waals surface area contributed by atoms with E-state index in [2.05, 4.69) is 17.3 Å². The van der Waals surface area contributed by atoms with E-state index in [0.29, 0.717) is 18.3 Å². The summed E-state index contributed by atoms with van der Waals surface area (Å²) in [6.45, 7) is 1.34. The van der Waals surface area contributed by atoms with Crippen molar-refractivity contribution in [3.05, 3.63) is 23.8 Å². The second kappa shape index (κ2) is 7.88.